The number of hydrogen-bond donors (Lipinski definition) is 4. The summed E-state index contributed by atoms with van der Waals surface area (Å²) in [5.41, 5.74) is 12.6. The number of hydrogen-bond acceptors (Lipinski definition) is 8. The lowest BCUT2D eigenvalue weighted by molar-refractivity contribution is 0.480. The summed E-state index contributed by atoms with van der Waals surface area (Å²) in [6.07, 6.45) is 2.53. The number of rotatable bonds is 6. The molecule has 3 rings (SSSR count). The van der Waals surface area contributed by atoms with Crippen LogP contribution in [0.5, 0.6) is 0 Å². The van der Waals surface area contributed by atoms with Crippen molar-refractivity contribution in [2.45, 2.75) is 9.79 Å². The van der Waals surface area contributed by atoms with Gasteiger partial charge >= 0.3 is 0 Å². The van der Waals surface area contributed by atoms with Crippen LogP contribution in [0.2, 0.25) is 0 Å². The van der Waals surface area contributed by atoms with Gasteiger partial charge in [-0.2, -0.15) is 27.1 Å². The molecule has 0 saturated heterocycles. The van der Waals surface area contributed by atoms with Gasteiger partial charge in [-0.05, 0) is 59.7 Å². The molecular formula is C20H18N4O6S2. The summed E-state index contributed by atoms with van der Waals surface area (Å²) in [5.74, 6) is 0. The van der Waals surface area contributed by atoms with E-state index in [-0.39, 0.29) is 22.5 Å². The maximum atomic E-state index is 11.9. The molecule has 0 spiro atoms. The van der Waals surface area contributed by atoms with Crippen molar-refractivity contribution < 1.29 is 25.9 Å². The van der Waals surface area contributed by atoms with Crippen LogP contribution in [0, 0.1) is 0 Å². The van der Waals surface area contributed by atoms with E-state index in [4.69, 9.17) is 11.5 Å². The first-order valence-corrected chi connectivity index (χ1v) is 11.8. The second-order valence-electron chi connectivity index (χ2n) is 6.59. The van der Waals surface area contributed by atoms with Crippen molar-refractivity contribution in [3.05, 3.63) is 71.8 Å². The fourth-order valence-electron chi connectivity index (χ4n) is 2.69. The molecule has 6 N–H and O–H groups in total. The predicted octanol–water partition coefficient (Wildman–Crippen LogP) is 3.93. The van der Waals surface area contributed by atoms with Crippen LogP contribution in [0.15, 0.2) is 80.7 Å². The fourth-order valence-corrected chi connectivity index (χ4v) is 4.12. The van der Waals surface area contributed by atoms with Crippen LogP contribution in [0.3, 0.4) is 0 Å². The first-order chi connectivity index (χ1) is 14.9. The van der Waals surface area contributed by atoms with Crippen LogP contribution in [0.1, 0.15) is 11.1 Å². The molecule has 0 aromatic heterocycles. The van der Waals surface area contributed by atoms with E-state index in [1.807, 2.05) is 0 Å². The highest BCUT2D eigenvalue weighted by atomic mass is 32.2. The maximum absolute atomic E-state index is 11.9. The molecule has 0 bridgehead atoms. The minimum Gasteiger partial charge on any atom is -0.399 e. The van der Waals surface area contributed by atoms with Crippen molar-refractivity contribution in [1.29, 1.82) is 0 Å². The molecule has 0 atom stereocenters. The molecule has 12 heteroatoms. The van der Waals surface area contributed by atoms with E-state index in [1.54, 1.807) is 24.3 Å². The Balaban J connectivity index is 2.00. The average molecular weight is 475 g/mol. The van der Waals surface area contributed by atoms with Crippen LogP contribution >= 0.6 is 0 Å². The van der Waals surface area contributed by atoms with Crippen molar-refractivity contribution in [3.63, 3.8) is 0 Å². The summed E-state index contributed by atoms with van der Waals surface area (Å²) in [4.78, 5) is -0.914. The van der Waals surface area contributed by atoms with Gasteiger partial charge in [-0.15, -0.1) is 0 Å². The molecule has 0 aliphatic rings. The van der Waals surface area contributed by atoms with Gasteiger partial charge in [0.15, 0.2) is 0 Å². The van der Waals surface area contributed by atoms with Gasteiger partial charge in [0, 0.05) is 11.4 Å². The number of benzene rings is 3. The van der Waals surface area contributed by atoms with Gasteiger partial charge in [0.2, 0.25) is 0 Å². The van der Waals surface area contributed by atoms with Gasteiger partial charge in [0.05, 0.1) is 11.4 Å². The number of nitrogen functional groups attached to an aromatic ring is 2. The zero-order valence-corrected chi connectivity index (χ0v) is 18.0. The lowest BCUT2D eigenvalue weighted by Gasteiger charge is -2.06. The second kappa shape index (κ2) is 8.88. The van der Waals surface area contributed by atoms with Crippen LogP contribution in [0.4, 0.5) is 22.7 Å². The third-order valence-corrected chi connectivity index (χ3v) is 6.03. The number of nitrogens with two attached hydrogens (primary N) is 2. The quantitative estimate of drug-likeness (QED) is 0.179. The maximum Gasteiger partial charge on any atom is 0.295 e. The second-order valence-corrected chi connectivity index (χ2v) is 9.37. The molecular weight excluding hydrogens is 456 g/mol. The highest BCUT2D eigenvalue weighted by Gasteiger charge is 2.17. The van der Waals surface area contributed by atoms with Crippen molar-refractivity contribution in [3.8, 4) is 0 Å². The van der Waals surface area contributed by atoms with Crippen molar-refractivity contribution >= 4 is 55.1 Å². The summed E-state index contributed by atoms with van der Waals surface area (Å²) in [5, 5.41) is 7.93. The molecule has 3 aromatic rings. The van der Waals surface area contributed by atoms with Gasteiger partial charge in [0.1, 0.15) is 9.79 Å². The first kappa shape index (κ1) is 23.1. The van der Waals surface area contributed by atoms with Gasteiger partial charge in [-0.3, -0.25) is 9.11 Å². The van der Waals surface area contributed by atoms with E-state index in [9.17, 15) is 25.9 Å². The third kappa shape index (κ3) is 5.76. The molecule has 0 fully saturated rings. The molecule has 32 heavy (non-hydrogen) atoms. The first-order valence-electron chi connectivity index (χ1n) is 8.87. The molecule has 0 aliphatic heterocycles. The molecule has 0 heterocycles. The molecule has 0 radical (unpaired) electrons. The van der Waals surface area contributed by atoms with Crippen LogP contribution in [0.25, 0.3) is 12.2 Å². The SMILES string of the molecule is Nc1ccc(N=Nc2ccc(/C=C\c3ccc(N)cc3S(=O)(=O)O)c(S(=O)(=O)O)c2)cc1. The largest absolute Gasteiger partial charge is 0.399 e. The van der Waals surface area contributed by atoms with E-state index in [1.165, 1.54) is 36.4 Å². The average Bonchev–Trinajstić information content (AvgIpc) is 2.71. The van der Waals surface area contributed by atoms with Gasteiger partial charge < -0.3 is 11.5 Å². The Morgan fingerprint density at radius 1 is 0.625 bits per heavy atom. The van der Waals surface area contributed by atoms with Gasteiger partial charge in [-0.1, -0.05) is 24.3 Å². The Hall–Kier alpha value is -3.58. The Kier molecular flexibility index (Phi) is 6.41. The van der Waals surface area contributed by atoms with E-state index >= 15 is 0 Å². The molecule has 10 nitrogen and oxygen atoms in total. The molecule has 0 amide bonds. The van der Waals surface area contributed by atoms with Crippen LogP contribution in [-0.2, 0) is 20.2 Å². The fraction of sp³-hybridized carbons (Fsp3) is 0. The minimum atomic E-state index is -4.65. The zero-order chi connectivity index (χ0) is 23.5. The summed E-state index contributed by atoms with van der Waals surface area (Å²) >= 11 is 0. The lowest BCUT2D eigenvalue weighted by Crippen LogP contribution is -2.02. The number of azo groups is 1. The van der Waals surface area contributed by atoms with E-state index in [0.29, 0.717) is 11.4 Å². The Morgan fingerprint density at radius 2 is 1.06 bits per heavy atom. The summed E-state index contributed by atoms with van der Waals surface area (Å²) < 4.78 is 66.0. The molecule has 0 unspecified atom stereocenters. The summed E-state index contributed by atoms with van der Waals surface area (Å²) in [6.45, 7) is 0. The molecule has 166 valence electrons. The van der Waals surface area contributed by atoms with E-state index in [2.05, 4.69) is 10.2 Å². The highest BCUT2D eigenvalue weighted by molar-refractivity contribution is 7.86. The van der Waals surface area contributed by atoms with Crippen LogP contribution < -0.4 is 11.5 Å². The topological polar surface area (TPSA) is 185 Å². The predicted molar refractivity (Wildman–Crippen MR) is 121 cm³/mol. The lowest BCUT2D eigenvalue weighted by atomic mass is 10.1. The van der Waals surface area contributed by atoms with Gasteiger partial charge in [-0.25, -0.2) is 0 Å². The molecule has 0 saturated carbocycles. The standard InChI is InChI=1S/C20H18N4O6S2/c21-15-6-9-17(10-7-15)23-24-18-8-4-14(20(12-18)32(28,29)30)2-1-13-3-5-16(22)11-19(13)31(25,26)27/h1-12H,21-22H2,(H,25,26,27)(H,28,29,30)/b2-1-,24-23?. The van der Waals surface area contributed by atoms with Gasteiger partial charge in [0.25, 0.3) is 20.2 Å². The highest BCUT2D eigenvalue weighted by Crippen LogP contribution is 2.27. The van der Waals surface area contributed by atoms with Crippen LogP contribution in [-0.4, -0.2) is 25.9 Å². The smallest absolute Gasteiger partial charge is 0.295 e. The van der Waals surface area contributed by atoms with Crippen molar-refractivity contribution in [2.75, 3.05) is 11.5 Å². The monoisotopic (exact) mass is 474 g/mol. The Morgan fingerprint density at radius 3 is 1.62 bits per heavy atom. The Bertz CT molecular complexity index is 1430. The molecule has 0 aliphatic carbocycles. The minimum absolute atomic E-state index is 0.0528. The Labute approximate surface area is 184 Å². The molecule has 3 aromatic carbocycles. The zero-order valence-electron chi connectivity index (χ0n) is 16.3. The van der Waals surface area contributed by atoms with E-state index < -0.39 is 30.0 Å². The van der Waals surface area contributed by atoms with E-state index in [0.717, 1.165) is 12.1 Å². The summed E-state index contributed by atoms with van der Waals surface area (Å²) in [6, 6.07) is 14.3. The van der Waals surface area contributed by atoms with Crippen molar-refractivity contribution in [1.82, 2.24) is 0 Å². The summed E-state index contributed by atoms with van der Waals surface area (Å²) in [7, 11) is -9.23. The normalized spacial score (nSPS) is 12.6. The number of anilines is 2. The van der Waals surface area contributed by atoms with Crippen molar-refractivity contribution in [2.24, 2.45) is 10.2 Å². The third-order valence-electron chi connectivity index (χ3n) is 4.21. The number of nitrogens with zero attached hydrogens (tertiary/aromatic N) is 2.